The number of thiophene rings is 1. The zero-order valence-electron chi connectivity index (χ0n) is 9.71. The molecule has 1 aromatic heterocycles. The quantitative estimate of drug-likeness (QED) is 0.878. The first-order valence-corrected chi connectivity index (χ1v) is 6.45. The van der Waals surface area contributed by atoms with Crippen LogP contribution in [0.1, 0.15) is 33.0 Å². The van der Waals surface area contributed by atoms with Gasteiger partial charge in [0.1, 0.15) is 0 Å². The number of carbonyl (C=O) groups is 1. The van der Waals surface area contributed by atoms with Gasteiger partial charge in [0.05, 0.1) is 11.0 Å². The monoisotopic (exact) mass is 239 g/mol. The second-order valence-electron chi connectivity index (χ2n) is 4.21. The van der Waals surface area contributed by atoms with Crippen molar-refractivity contribution in [2.75, 3.05) is 13.2 Å². The molecule has 4 heteroatoms. The third-order valence-corrected chi connectivity index (χ3v) is 3.91. The molecule has 0 spiro atoms. The molecule has 1 aromatic rings. The summed E-state index contributed by atoms with van der Waals surface area (Å²) in [6, 6.07) is 2.05. The van der Waals surface area contributed by atoms with Crippen molar-refractivity contribution in [2.45, 2.75) is 32.8 Å². The molecule has 1 fully saturated rings. The molecular weight excluding hydrogens is 222 g/mol. The summed E-state index contributed by atoms with van der Waals surface area (Å²) in [7, 11) is 0. The van der Waals surface area contributed by atoms with Gasteiger partial charge in [-0.1, -0.05) is 0 Å². The van der Waals surface area contributed by atoms with Crippen molar-refractivity contribution in [1.82, 2.24) is 5.32 Å². The average Bonchev–Trinajstić information content (AvgIpc) is 2.84. The summed E-state index contributed by atoms with van der Waals surface area (Å²) >= 11 is 1.55. The lowest BCUT2D eigenvalue weighted by atomic mass is 10.2. The summed E-state index contributed by atoms with van der Waals surface area (Å²) in [5.41, 5.74) is 1.06. The van der Waals surface area contributed by atoms with Crippen molar-refractivity contribution in [3.63, 3.8) is 0 Å². The molecule has 0 bridgehead atoms. The largest absolute Gasteiger partial charge is 0.376 e. The van der Waals surface area contributed by atoms with Crippen LogP contribution < -0.4 is 5.32 Å². The van der Waals surface area contributed by atoms with E-state index in [2.05, 4.69) is 5.32 Å². The number of hydrogen-bond acceptors (Lipinski definition) is 3. The Morgan fingerprint density at radius 1 is 1.62 bits per heavy atom. The van der Waals surface area contributed by atoms with E-state index < -0.39 is 0 Å². The number of rotatable bonds is 3. The van der Waals surface area contributed by atoms with Gasteiger partial charge in [0.2, 0.25) is 0 Å². The smallest absolute Gasteiger partial charge is 0.261 e. The highest BCUT2D eigenvalue weighted by molar-refractivity contribution is 7.14. The van der Waals surface area contributed by atoms with E-state index in [0.717, 1.165) is 29.9 Å². The fraction of sp³-hybridized carbons (Fsp3) is 0.583. The van der Waals surface area contributed by atoms with E-state index in [1.807, 2.05) is 19.9 Å². The third kappa shape index (κ3) is 2.62. The van der Waals surface area contributed by atoms with E-state index in [-0.39, 0.29) is 12.0 Å². The third-order valence-electron chi connectivity index (χ3n) is 2.76. The number of carbonyl (C=O) groups excluding carboxylic acids is 1. The van der Waals surface area contributed by atoms with Gasteiger partial charge < -0.3 is 10.1 Å². The summed E-state index contributed by atoms with van der Waals surface area (Å²) in [5, 5.41) is 2.94. The number of nitrogens with one attached hydrogen (secondary N) is 1. The van der Waals surface area contributed by atoms with Gasteiger partial charge >= 0.3 is 0 Å². The minimum absolute atomic E-state index is 0.0334. The van der Waals surface area contributed by atoms with E-state index in [9.17, 15) is 4.79 Å². The van der Waals surface area contributed by atoms with E-state index >= 15 is 0 Å². The van der Waals surface area contributed by atoms with Crippen LogP contribution in [0.2, 0.25) is 0 Å². The molecule has 1 amide bonds. The molecular formula is C12H17NO2S. The van der Waals surface area contributed by atoms with Gasteiger partial charge in [-0.3, -0.25) is 4.79 Å². The molecule has 2 heterocycles. The normalized spacial score (nSPS) is 20.0. The number of amides is 1. The molecule has 0 aliphatic carbocycles. The molecule has 0 radical (unpaired) electrons. The molecule has 1 aliphatic rings. The van der Waals surface area contributed by atoms with Crippen molar-refractivity contribution < 1.29 is 9.53 Å². The van der Waals surface area contributed by atoms with Gasteiger partial charge in [-0.25, -0.2) is 0 Å². The van der Waals surface area contributed by atoms with Gasteiger partial charge in [0, 0.05) is 18.0 Å². The van der Waals surface area contributed by atoms with Crippen molar-refractivity contribution in [1.29, 1.82) is 0 Å². The minimum atomic E-state index is 0.0334. The maximum atomic E-state index is 11.9. The highest BCUT2D eigenvalue weighted by atomic mass is 32.1. The molecule has 2 rings (SSSR count). The van der Waals surface area contributed by atoms with Gasteiger partial charge in [-0.15, -0.1) is 11.3 Å². The van der Waals surface area contributed by atoms with Crippen LogP contribution >= 0.6 is 11.3 Å². The Hall–Kier alpha value is -0.870. The molecule has 88 valence electrons. The van der Waals surface area contributed by atoms with Crippen molar-refractivity contribution in [3.05, 3.63) is 21.4 Å². The summed E-state index contributed by atoms with van der Waals surface area (Å²) in [5.74, 6) is 0.0334. The first-order chi connectivity index (χ1) is 7.66. The summed E-state index contributed by atoms with van der Waals surface area (Å²) in [6.45, 7) is 5.46. The fourth-order valence-corrected chi connectivity index (χ4v) is 2.90. The van der Waals surface area contributed by atoms with E-state index in [1.54, 1.807) is 11.3 Å². The average molecular weight is 239 g/mol. The maximum absolute atomic E-state index is 11.9. The Morgan fingerprint density at radius 2 is 2.44 bits per heavy atom. The van der Waals surface area contributed by atoms with E-state index in [4.69, 9.17) is 4.74 Å². The standard InChI is InChI=1S/C12H17NO2S/c1-8-6-9(2)16-11(8)12(14)13-7-10-4-3-5-15-10/h6,10H,3-5,7H2,1-2H3,(H,13,14). The van der Waals surface area contributed by atoms with Crippen molar-refractivity contribution in [2.24, 2.45) is 0 Å². The Kier molecular flexibility index (Phi) is 3.61. The van der Waals surface area contributed by atoms with Gasteiger partial charge in [0.25, 0.3) is 5.91 Å². The predicted octanol–water partition coefficient (Wildman–Crippen LogP) is 2.27. The highest BCUT2D eigenvalue weighted by Crippen LogP contribution is 2.20. The lowest BCUT2D eigenvalue weighted by Gasteiger charge is -2.10. The molecule has 16 heavy (non-hydrogen) atoms. The van der Waals surface area contributed by atoms with Crippen LogP contribution in [0.3, 0.4) is 0 Å². The summed E-state index contributed by atoms with van der Waals surface area (Å²) in [4.78, 5) is 13.9. The molecule has 1 atom stereocenters. The molecule has 1 N–H and O–H groups in total. The minimum Gasteiger partial charge on any atom is -0.376 e. The van der Waals surface area contributed by atoms with Crippen molar-refractivity contribution >= 4 is 17.2 Å². The number of aryl methyl sites for hydroxylation is 2. The van der Waals surface area contributed by atoms with Crippen molar-refractivity contribution in [3.8, 4) is 0 Å². The highest BCUT2D eigenvalue weighted by Gasteiger charge is 2.18. The van der Waals surface area contributed by atoms with Gasteiger partial charge in [-0.05, 0) is 38.3 Å². The topological polar surface area (TPSA) is 38.3 Å². The molecule has 1 unspecified atom stereocenters. The van der Waals surface area contributed by atoms with E-state index in [1.165, 1.54) is 4.88 Å². The lowest BCUT2D eigenvalue weighted by molar-refractivity contribution is 0.0860. The first-order valence-electron chi connectivity index (χ1n) is 5.63. The number of hydrogen-bond donors (Lipinski definition) is 1. The van der Waals surface area contributed by atoms with Crippen LogP contribution in [0.15, 0.2) is 6.07 Å². The second kappa shape index (κ2) is 4.97. The van der Waals surface area contributed by atoms with Crippen LogP contribution in [0, 0.1) is 13.8 Å². The van der Waals surface area contributed by atoms with Gasteiger partial charge in [-0.2, -0.15) is 0 Å². The summed E-state index contributed by atoms with van der Waals surface area (Å²) in [6.07, 6.45) is 2.38. The molecule has 0 aromatic carbocycles. The molecule has 3 nitrogen and oxygen atoms in total. The Morgan fingerprint density at radius 3 is 3.00 bits per heavy atom. The Balaban J connectivity index is 1.90. The SMILES string of the molecule is Cc1cc(C)c(C(=O)NCC2CCCO2)s1. The fourth-order valence-electron chi connectivity index (χ4n) is 1.96. The maximum Gasteiger partial charge on any atom is 0.261 e. The Bertz CT molecular complexity index is 380. The molecule has 1 aliphatic heterocycles. The van der Waals surface area contributed by atoms with Crippen LogP contribution in [0.25, 0.3) is 0 Å². The lowest BCUT2D eigenvalue weighted by Crippen LogP contribution is -2.31. The Labute approximate surface area is 99.8 Å². The molecule has 0 saturated carbocycles. The summed E-state index contributed by atoms with van der Waals surface area (Å²) < 4.78 is 5.46. The second-order valence-corrected chi connectivity index (χ2v) is 5.47. The molecule has 1 saturated heterocycles. The van der Waals surface area contributed by atoms with Crippen LogP contribution in [0.4, 0.5) is 0 Å². The van der Waals surface area contributed by atoms with Crippen LogP contribution in [-0.2, 0) is 4.74 Å². The van der Waals surface area contributed by atoms with E-state index in [0.29, 0.717) is 6.54 Å². The predicted molar refractivity (Wildman–Crippen MR) is 65.1 cm³/mol. The van der Waals surface area contributed by atoms with Crippen LogP contribution in [-0.4, -0.2) is 25.2 Å². The zero-order valence-corrected chi connectivity index (χ0v) is 10.5. The number of ether oxygens (including phenoxy) is 1. The van der Waals surface area contributed by atoms with Crippen LogP contribution in [0.5, 0.6) is 0 Å². The zero-order chi connectivity index (χ0) is 11.5. The first kappa shape index (κ1) is 11.6. The van der Waals surface area contributed by atoms with Gasteiger partial charge in [0.15, 0.2) is 0 Å².